The summed E-state index contributed by atoms with van der Waals surface area (Å²) in [6, 6.07) is 10.6. The molecule has 4 aromatic rings. The lowest BCUT2D eigenvalue weighted by atomic mass is 10.1. The van der Waals surface area contributed by atoms with Gasteiger partial charge < -0.3 is 20.6 Å². The summed E-state index contributed by atoms with van der Waals surface area (Å²) >= 11 is 13.1. The van der Waals surface area contributed by atoms with Gasteiger partial charge in [-0.1, -0.05) is 23.2 Å². The topological polar surface area (TPSA) is 328 Å². The smallest absolute Gasteiger partial charge is 0.303 e. The molecule has 0 fully saturated rings. The fourth-order valence-electron chi connectivity index (χ4n) is 5.30. The van der Waals surface area contributed by atoms with E-state index in [1.54, 1.807) is 11.0 Å². The average Bonchev–Trinajstić information content (AvgIpc) is 3.52. The van der Waals surface area contributed by atoms with Crippen molar-refractivity contribution in [3.8, 4) is 11.8 Å². The molecule has 3 aromatic carbocycles. The second-order valence-electron chi connectivity index (χ2n) is 12.4. The Morgan fingerprint density at radius 2 is 1.47 bits per heavy atom. The van der Waals surface area contributed by atoms with Gasteiger partial charge in [0.05, 0.1) is 37.5 Å². The third kappa shape index (κ3) is 13.0. The molecule has 0 bridgehead atoms. The lowest BCUT2D eigenvalue weighted by molar-refractivity contribution is -0.137. The van der Waals surface area contributed by atoms with E-state index in [0.29, 0.717) is 18.2 Å². The van der Waals surface area contributed by atoms with Crippen molar-refractivity contribution >= 4 is 99.9 Å². The van der Waals surface area contributed by atoms with Crippen LogP contribution in [0.3, 0.4) is 0 Å². The number of carboxylic acids is 1. The van der Waals surface area contributed by atoms with E-state index in [-0.39, 0.29) is 76.4 Å². The number of amides is 2. The zero-order valence-electron chi connectivity index (χ0n) is 30.3. The molecule has 26 heteroatoms. The van der Waals surface area contributed by atoms with Crippen LogP contribution < -0.4 is 15.5 Å². The van der Waals surface area contributed by atoms with Gasteiger partial charge in [-0.25, -0.2) is 4.68 Å². The van der Waals surface area contributed by atoms with E-state index in [1.165, 1.54) is 19.1 Å². The van der Waals surface area contributed by atoms with E-state index in [4.69, 9.17) is 32.9 Å². The highest BCUT2D eigenvalue weighted by atomic mass is 35.5. The molecule has 314 valence electrons. The molecule has 0 saturated carbocycles. The first kappa shape index (κ1) is 46.2. The van der Waals surface area contributed by atoms with Crippen molar-refractivity contribution in [1.82, 2.24) is 9.78 Å². The molecule has 59 heavy (non-hydrogen) atoms. The summed E-state index contributed by atoms with van der Waals surface area (Å²) in [5, 5.41) is 35.9. The van der Waals surface area contributed by atoms with Gasteiger partial charge in [0.1, 0.15) is 23.0 Å². The van der Waals surface area contributed by atoms with Gasteiger partial charge in [0.25, 0.3) is 36.3 Å². The summed E-state index contributed by atoms with van der Waals surface area (Å²) in [6.07, 6.45) is 1.62. The van der Waals surface area contributed by atoms with Crippen LogP contribution in [0.4, 0.5) is 28.6 Å². The Morgan fingerprint density at radius 1 is 0.864 bits per heavy atom. The summed E-state index contributed by atoms with van der Waals surface area (Å²) in [4.78, 5) is 36.4. The van der Waals surface area contributed by atoms with Crippen molar-refractivity contribution in [2.24, 2.45) is 10.2 Å². The van der Waals surface area contributed by atoms with E-state index in [1.807, 2.05) is 6.07 Å². The first-order valence-electron chi connectivity index (χ1n) is 16.6. The summed E-state index contributed by atoms with van der Waals surface area (Å²) < 4.78 is 98.2. The van der Waals surface area contributed by atoms with Crippen LogP contribution in [-0.2, 0) is 39.9 Å². The minimum absolute atomic E-state index is 0.0804. The van der Waals surface area contributed by atoms with Crippen molar-refractivity contribution in [3.63, 3.8) is 0 Å². The van der Waals surface area contributed by atoms with Crippen LogP contribution in [0.2, 0.25) is 10.0 Å². The number of nitrogens with zero attached hydrogens (tertiary/aromatic N) is 6. The highest BCUT2D eigenvalue weighted by Gasteiger charge is 2.23. The van der Waals surface area contributed by atoms with Gasteiger partial charge in [0.15, 0.2) is 5.82 Å². The first-order valence-corrected chi connectivity index (χ1v) is 21.9. The van der Waals surface area contributed by atoms with Crippen molar-refractivity contribution in [2.45, 2.75) is 42.4 Å². The number of hydrogen-bond acceptors (Lipinski definition) is 14. The molecule has 2 amide bonds. The minimum Gasteiger partial charge on any atom is -0.481 e. The highest BCUT2D eigenvalue weighted by Crippen LogP contribution is 2.37. The lowest BCUT2D eigenvalue weighted by Gasteiger charge is -2.25. The van der Waals surface area contributed by atoms with E-state index in [0.717, 1.165) is 35.1 Å². The van der Waals surface area contributed by atoms with Gasteiger partial charge in [-0.05, 0) is 67.8 Å². The van der Waals surface area contributed by atoms with E-state index in [9.17, 15) is 54.0 Å². The molecule has 0 atom stereocenters. The number of halogens is 2. The van der Waals surface area contributed by atoms with Crippen LogP contribution in [0.5, 0.6) is 0 Å². The molecular weight excluding hydrogens is 884 g/mol. The third-order valence-electron chi connectivity index (χ3n) is 7.90. The number of carbonyl (C=O) groups is 3. The second-order valence-corrected chi connectivity index (χ2v) is 17.6. The number of aliphatic carboxylic acids is 1. The summed E-state index contributed by atoms with van der Waals surface area (Å²) in [7, 11) is -14.2. The normalized spacial score (nSPS) is 11.9. The molecule has 4 rings (SSSR count). The monoisotopic (exact) mass is 914 g/mol. The molecule has 0 aliphatic rings. The predicted molar refractivity (Wildman–Crippen MR) is 212 cm³/mol. The fourth-order valence-corrected chi connectivity index (χ4v) is 7.70. The number of aromatic nitrogens is 2. The van der Waals surface area contributed by atoms with Crippen LogP contribution in [0.1, 0.15) is 48.5 Å². The Labute approximate surface area is 346 Å². The molecule has 6 N–H and O–H groups in total. The molecule has 0 aliphatic heterocycles. The van der Waals surface area contributed by atoms with Gasteiger partial charge >= 0.3 is 5.97 Å². The van der Waals surface area contributed by atoms with Gasteiger partial charge in [0, 0.05) is 43.4 Å². The number of nitrogens with one attached hydrogen (secondary N) is 2. The number of azo groups is 1. The third-order valence-corrected chi connectivity index (χ3v) is 10.9. The summed E-state index contributed by atoms with van der Waals surface area (Å²) in [5.41, 5.74) is -0.204. The number of nitriles is 1. The zero-order chi connectivity index (χ0) is 43.9. The number of unbranched alkanes of at least 4 members (excludes halogenated alkanes) is 1. The molecule has 1 heterocycles. The number of carbonyl (C=O) groups excluding carboxylic acids is 2. The van der Waals surface area contributed by atoms with Crippen LogP contribution >= 0.6 is 23.2 Å². The molecule has 0 unspecified atom stereocenters. The Morgan fingerprint density at radius 3 is 2.02 bits per heavy atom. The minimum atomic E-state index is -4.99. The molecule has 0 radical (unpaired) electrons. The highest BCUT2D eigenvalue weighted by molar-refractivity contribution is 7.86. The molecule has 1 aromatic heterocycles. The van der Waals surface area contributed by atoms with E-state index >= 15 is 0 Å². The molecule has 0 saturated heterocycles. The Kier molecular flexibility index (Phi) is 14.9. The maximum atomic E-state index is 13.2. The van der Waals surface area contributed by atoms with Crippen LogP contribution in [-0.4, -0.2) is 90.4 Å². The average molecular weight is 916 g/mol. The van der Waals surface area contributed by atoms with E-state index in [2.05, 4.69) is 26.0 Å². The van der Waals surface area contributed by atoms with Crippen LogP contribution in [0, 0.1) is 11.3 Å². The van der Waals surface area contributed by atoms with Gasteiger partial charge in [-0.2, -0.15) is 35.6 Å². The van der Waals surface area contributed by atoms with Gasteiger partial charge in [-0.15, -0.1) is 10.2 Å². The van der Waals surface area contributed by atoms with Crippen LogP contribution in [0.15, 0.2) is 74.7 Å². The van der Waals surface area contributed by atoms with Crippen molar-refractivity contribution < 1.29 is 58.4 Å². The maximum absolute atomic E-state index is 13.2. The Bertz CT molecular complexity index is 2650. The fraction of sp³-hybridized carbons (Fsp3) is 0.242. The summed E-state index contributed by atoms with van der Waals surface area (Å²) in [6.45, 7) is 1.73. The Hall–Kier alpha value is -5.52. The largest absolute Gasteiger partial charge is 0.481 e. The zero-order valence-corrected chi connectivity index (χ0v) is 34.2. The van der Waals surface area contributed by atoms with Gasteiger partial charge in [0.2, 0.25) is 5.91 Å². The van der Waals surface area contributed by atoms with E-state index < -0.39 is 69.4 Å². The number of benzene rings is 3. The van der Waals surface area contributed by atoms with Crippen molar-refractivity contribution in [1.29, 1.82) is 5.26 Å². The molecule has 21 nitrogen and oxygen atoms in total. The number of carboxylic acid groups (broad SMARTS) is 1. The number of hydrogen-bond donors (Lipinski definition) is 6. The molecule has 0 spiro atoms. The molecule has 0 aliphatic carbocycles. The number of anilines is 3. The summed E-state index contributed by atoms with van der Waals surface area (Å²) in [5.74, 6) is -3.20. The SMILES string of the molecule is CC(=O)Nc1cc(N(CCCCS(=O)(=O)O)CCCC(=O)O)ccc1N=Nc1c(C#N)cnn1-c1c(Cl)cc(C(=O)Nc2cc(S(=O)(=O)O)cc(S(=O)(=O)O)c2)cc1Cl. The lowest BCUT2D eigenvalue weighted by Crippen LogP contribution is -2.26. The van der Waals surface area contributed by atoms with Gasteiger partial charge in [-0.3, -0.25) is 28.0 Å². The second kappa shape index (κ2) is 19.0. The Balaban J connectivity index is 1.69. The standard InChI is InChI=1S/C33H32Cl2N8O13S3/c1-19(44)38-29-15-23(42(9-4-5-30(45)46)8-2-3-10-57(48,49)50)6-7-28(29)40-41-32-21(17-36)18-37-43(32)31-26(34)11-20(12-27(31)35)33(47)39-22-13-24(58(51,52)53)16-25(14-22)59(54,55)56/h6-7,11-16,18H,2-5,8-10H2,1H3,(H,38,44)(H,39,47)(H,45,46)(H,48,49,50)(H,51,52,53)(H,54,55,56). The quantitative estimate of drug-likeness (QED) is 0.0407. The first-order chi connectivity index (χ1) is 27.5. The predicted octanol–water partition coefficient (Wildman–Crippen LogP) is 5.51. The molecular formula is C33H32Cl2N8O13S3. The van der Waals surface area contributed by atoms with Crippen molar-refractivity contribution in [2.75, 3.05) is 34.4 Å². The number of rotatable bonds is 18. The van der Waals surface area contributed by atoms with Crippen LogP contribution in [0.25, 0.3) is 5.69 Å². The van der Waals surface area contributed by atoms with Crippen molar-refractivity contribution in [3.05, 3.63) is 75.9 Å². The maximum Gasteiger partial charge on any atom is 0.303 e.